The number of hydrogen-bond donors (Lipinski definition) is 0. The van der Waals surface area contributed by atoms with Gasteiger partial charge in [0.25, 0.3) is 0 Å². The van der Waals surface area contributed by atoms with E-state index in [0.29, 0.717) is 13.2 Å². The summed E-state index contributed by atoms with van der Waals surface area (Å²) < 4.78 is 19.9. The van der Waals surface area contributed by atoms with E-state index in [9.17, 15) is 0 Å². The fourth-order valence-corrected chi connectivity index (χ4v) is 5.08. The van der Waals surface area contributed by atoms with Gasteiger partial charge in [-0.25, -0.2) is 0 Å². The first-order valence-electron chi connectivity index (χ1n) is 11.1. The van der Waals surface area contributed by atoms with Gasteiger partial charge < -0.3 is 24.0 Å². The molecule has 0 aliphatic carbocycles. The predicted octanol–water partition coefficient (Wildman–Crippen LogP) is 2.88. The van der Waals surface area contributed by atoms with Gasteiger partial charge in [0.1, 0.15) is 19.0 Å². The monoisotopic (exact) mass is 418 g/mol. The molecule has 0 unspecified atom stereocenters. The molecule has 0 N–H and O–H groups in total. The van der Waals surface area contributed by atoms with E-state index in [-0.39, 0.29) is 0 Å². The van der Waals surface area contributed by atoms with Crippen molar-refractivity contribution in [3.63, 3.8) is 0 Å². The number of likely N-dealkylation sites (N-methyl/N-ethyl adjacent to an activating group) is 1. The molecule has 2 aromatic carbocycles. The molecule has 31 heavy (non-hydrogen) atoms. The molecule has 0 atom stereocenters. The van der Waals surface area contributed by atoms with Crippen molar-refractivity contribution in [3.05, 3.63) is 42.1 Å². The minimum Gasteiger partial charge on any atom is -0.495 e. The first-order valence-corrected chi connectivity index (χ1v) is 11.1. The van der Waals surface area contributed by atoms with Crippen molar-refractivity contribution in [1.29, 1.82) is 0 Å². The maximum atomic E-state index is 5.87. The third-order valence-corrected chi connectivity index (χ3v) is 6.81. The first kappa shape index (κ1) is 18.8. The van der Waals surface area contributed by atoms with Crippen molar-refractivity contribution in [3.8, 4) is 28.5 Å². The van der Waals surface area contributed by atoms with Crippen molar-refractivity contribution in [2.75, 3.05) is 58.5 Å². The number of hydrogen-bond acceptors (Lipinski definition) is 5. The second-order valence-corrected chi connectivity index (χ2v) is 8.66. The van der Waals surface area contributed by atoms with Crippen LogP contribution in [0.1, 0.15) is 5.56 Å². The lowest BCUT2D eigenvalue weighted by atomic mass is 9.94. The molecular weight excluding hydrogens is 390 g/mol. The molecule has 3 aliphatic heterocycles. The molecule has 0 spiro atoms. The van der Waals surface area contributed by atoms with Gasteiger partial charge in [-0.2, -0.15) is 4.57 Å². The van der Waals surface area contributed by atoms with Crippen molar-refractivity contribution in [2.24, 2.45) is 0 Å². The normalized spacial score (nSPS) is 17.9. The number of methoxy groups -OCH3 is 1. The summed E-state index contributed by atoms with van der Waals surface area (Å²) in [6, 6.07) is 10.9. The first-order chi connectivity index (χ1) is 15.2. The van der Waals surface area contributed by atoms with E-state index in [4.69, 9.17) is 14.2 Å². The van der Waals surface area contributed by atoms with Gasteiger partial charge in [-0.3, -0.25) is 0 Å². The van der Waals surface area contributed by atoms with E-state index in [1.807, 2.05) is 0 Å². The standard InChI is InChI=1S/C25H28N3O3/c1-26-7-9-27(10-8-26)25-20-16-28-6-5-18-14-23-24(31-12-11-30-23)15-19(18)21(28)13-17(20)3-4-22(25)29-2/h3-4,13-16H,5-12H2,1-2H3/q+1. The van der Waals surface area contributed by atoms with Crippen LogP contribution in [0.15, 0.2) is 36.5 Å². The SMILES string of the molecule is COc1ccc2cc3[n+](cc2c1N1CCN(C)CC1)CCc1cc2c(cc1-3)OCCO2. The van der Waals surface area contributed by atoms with E-state index in [2.05, 4.69) is 57.9 Å². The number of ether oxygens (including phenoxy) is 3. The summed E-state index contributed by atoms with van der Waals surface area (Å²) in [5.74, 6) is 2.68. The Labute approximate surface area is 182 Å². The van der Waals surface area contributed by atoms with Crippen LogP contribution in [-0.2, 0) is 13.0 Å². The summed E-state index contributed by atoms with van der Waals surface area (Å²) in [5.41, 5.74) is 5.03. The Morgan fingerprint density at radius 1 is 0.968 bits per heavy atom. The zero-order valence-electron chi connectivity index (χ0n) is 18.2. The Morgan fingerprint density at radius 3 is 2.52 bits per heavy atom. The van der Waals surface area contributed by atoms with Crippen molar-refractivity contribution in [1.82, 2.24) is 4.90 Å². The summed E-state index contributed by atoms with van der Waals surface area (Å²) in [6.45, 7) is 6.35. The molecule has 0 radical (unpaired) electrons. The fourth-order valence-electron chi connectivity index (χ4n) is 5.08. The van der Waals surface area contributed by atoms with Gasteiger partial charge >= 0.3 is 0 Å². The molecule has 6 rings (SSSR count). The van der Waals surface area contributed by atoms with Crippen LogP contribution in [0.2, 0.25) is 0 Å². The second kappa shape index (κ2) is 7.31. The van der Waals surface area contributed by atoms with E-state index in [0.717, 1.165) is 56.4 Å². The molecule has 3 aromatic rings. The lowest BCUT2D eigenvalue weighted by Gasteiger charge is -2.35. The minimum absolute atomic E-state index is 0.609. The van der Waals surface area contributed by atoms with Gasteiger partial charge in [-0.05, 0) is 36.2 Å². The highest BCUT2D eigenvalue weighted by molar-refractivity contribution is 5.98. The van der Waals surface area contributed by atoms with Gasteiger partial charge in [-0.15, -0.1) is 0 Å². The van der Waals surface area contributed by atoms with Crippen LogP contribution >= 0.6 is 0 Å². The van der Waals surface area contributed by atoms with Crippen LogP contribution in [-0.4, -0.2) is 58.5 Å². The number of aryl methyl sites for hydroxylation is 2. The zero-order valence-corrected chi connectivity index (χ0v) is 18.2. The number of anilines is 1. The van der Waals surface area contributed by atoms with Crippen molar-refractivity contribution >= 4 is 16.5 Å². The highest BCUT2D eigenvalue weighted by atomic mass is 16.6. The van der Waals surface area contributed by atoms with E-state index in [1.165, 1.54) is 33.3 Å². The van der Waals surface area contributed by atoms with Crippen LogP contribution in [0.25, 0.3) is 22.0 Å². The summed E-state index contributed by atoms with van der Waals surface area (Å²) in [5, 5.41) is 2.50. The lowest BCUT2D eigenvalue weighted by molar-refractivity contribution is -0.686. The molecule has 0 bridgehead atoms. The van der Waals surface area contributed by atoms with Gasteiger partial charge in [0, 0.05) is 38.7 Å². The van der Waals surface area contributed by atoms with Gasteiger partial charge in [-0.1, -0.05) is 6.07 Å². The molecule has 3 aliphatic rings. The minimum atomic E-state index is 0.609. The Kier molecular flexibility index (Phi) is 4.42. The average Bonchev–Trinajstić information content (AvgIpc) is 2.81. The average molecular weight is 419 g/mol. The topological polar surface area (TPSA) is 38.1 Å². The maximum Gasteiger partial charge on any atom is 0.213 e. The number of fused-ring (bicyclic) bond motifs is 5. The zero-order chi connectivity index (χ0) is 20.9. The molecule has 0 saturated carbocycles. The predicted molar refractivity (Wildman–Crippen MR) is 121 cm³/mol. The van der Waals surface area contributed by atoms with Crippen LogP contribution in [0, 0.1) is 0 Å². The molecule has 0 amide bonds. The number of rotatable bonds is 2. The van der Waals surface area contributed by atoms with E-state index < -0.39 is 0 Å². The van der Waals surface area contributed by atoms with Crippen molar-refractivity contribution < 1.29 is 18.8 Å². The van der Waals surface area contributed by atoms with Crippen LogP contribution in [0.5, 0.6) is 17.2 Å². The number of aromatic nitrogens is 1. The Balaban J connectivity index is 1.50. The summed E-state index contributed by atoms with van der Waals surface area (Å²) >= 11 is 0. The number of pyridine rings is 1. The molecule has 1 fully saturated rings. The number of piperazine rings is 1. The number of benzene rings is 2. The third kappa shape index (κ3) is 3.08. The molecule has 1 aromatic heterocycles. The quantitative estimate of drug-likeness (QED) is 0.599. The Morgan fingerprint density at radius 2 is 1.74 bits per heavy atom. The third-order valence-electron chi connectivity index (χ3n) is 6.81. The fraction of sp³-hybridized carbons (Fsp3) is 0.400. The van der Waals surface area contributed by atoms with Crippen LogP contribution in [0.4, 0.5) is 5.69 Å². The second-order valence-electron chi connectivity index (χ2n) is 8.66. The highest BCUT2D eigenvalue weighted by Crippen LogP contribution is 2.41. The van der Waals surface area contributed by atoms with Crippen LogP contribution < -0.4 is 23.7 Å². The summed E-state index contributed by atoms with van der Waals surface area (Å²) in [6.07, 6.45) is 3.31. The van der Waals surface area contributed by atoms with Gasteiger partial charge in [0.2, 0.25) is 5.69 Å². The molecule has 160 valence electrons. The van der Waals surface area contributed by atoms with Gasteiger partial charge in [0.05, 0.1) is 23.7 Å². The lowest BCUT2D eigenvalue weighted by Crippen LogP contribution is -2.45. The molecule has 1 saturated heterocycles. The molecule has 4 heterocycles. The Hall–Kier alpha value is -2.99. The van der Waals surface area contributed by atoms with Gasteiger partial charge in [0.15, 0.2) is 24.2 Å². The summed E-state index contributed by atoms with van der Waals surface area (Å²) in [4.78, 5) is 4.86. The Bertz CT molecular complexity index is 1170. The van der Waals surface area contributed by atoms with E-state index >= 15 is 0 Å². The van der Waals surface area contributed by atoms with E-state index in [1.54, 1.807) is 7.11 Å². The van der Waals surface area contributed by atoms with Crippen molar-refractivity contribution in [2.45, 2.75) is 13.0 Å². The molecule has 6 nitrogen and oxygen atoms in total. The molecule has 6 heteroatoms. The largest absolute Gasteiger partial charge is 0.495 e. The number of nitrogens with zero attached hydrogens (tertiary/aromatic N) is 3. The summed E-state index contributed by atoms with van der Waals surface area (Å²) in [7, 11) is 3.96. The highest BCUT2D eigenvalue weighted by Gasteiger charge is 2.29. The van der Waals surface area contributed by atoms with Crippen LogP contribution in [0.3, 0.4) is 0 Å². The smallest absolute Gasteiger partial charge is 0.213 e. The maximum absolute atomic E-state index is 5.87. The molecular formula is C25H28N3O3+.